The van der Waals surface area contributed by atoms with Crippen LogP contribution >= 0.6 is 0 Å². The number of hydrogen-bond acceptors (Lipinski definition) is 9. The van der Waals surface area contributed by atoms with Crippen molar-refractivity contribution in [1.29, 1.82) is 0 Å². The average Bonchev–Trinajstić information content (AvgIpc) is 3.62. The predicted molar refractivity (Wildman–Crippen MR) is 136 cm³/mol. The number of aromatic nitrogens is 4. The molecule has 0 radical (unpaired) electrons. The number of piperidine rings is 1. The molecule has 0 unspecified atom stereocenters. The van der Waals surface area contributed by atoms with Gasteiger partial charge in [-0.05, 0) is 31.9 Å². The Morgan fingerprint density at radius 2 is 1.88 bits per heavy atom. The largest absolute Gasteiger partial charge is 0.394 e. The number of carbonyl (C=O) groups excluding carboxylic acids is 1. The van der Waals surface area contributed by atoms with Gasteiger partial charge in [-0.3, -0.25) is 4.79 Å². The highest BCUT2D eigenvalue weighted by Gasteiger charge is 2.47. The predicted octanol–water partition coefficient (Wildman–Crippen LogP) is 2.17. The van der Waals surface area contributed by atoms with Gasteiger partial charge in [0.05, 0.1) is 24.6 Å². The van der Waals surface area contributed by atoms with E-state index in [1.807, 2.05) is 11.0 Å². The van der Waals surface area contributed by atoms with Gasteiger partial charge in [0.25, 0.3) is 0 Å². The van der Waals surface area contributed by atoms with Gasteiger partial charge >= 0.3 is 0 Å². The molecular formula is C27H33F2N5O6. The smallest absolute Gasteiger partial charge is 0.219 e. The molecule has 2 aliphatic rings. The number of amides is 1. The number of aliphatic hydroxyl groups is 2. The average molecular weight is 562 g/mol. The number of hydrogen-bond donors (Lipinski definition) is 2. The van der Waals surface area contributed by atoms with Gasteiger partial charge in [-0.1, -0.05) is 10.4 Å². The summed E-state index contributed by atoms with van der Waals surface area (Å²) >= 11 is 0. The summed E-state index contributed by atoms with van der Waals surface area (Å²) in [6.45, 7) is 3.77. The first-order chi connectivity index (χ1) is 19.2. The Morgan fingerprint density at radius 1 is 1.18 bits per heavy atom. The maximum Gasteiger partial charge on any atom is 0.219 e. The molecule has 11 nitrogen and oxygen atoms in total. The van der Waals surface area contributed by atoms with Crippen LogP contribution in [-0.4, -0.2) is 92.4 Å². The Labute approximate surface area is 229 Å². The molecule has 3 aromatic rings. The molecule has 0 spiro atoms. The molecule has 13 heteroatoms. The fourth-order valence-corrected chi connectivity index (χ4v) is 5.58. The van der Waals surface area contributed by atoms with E-state index in [1.165, 1.54) is 37.0 Å². The highest BCUT2D eigenvalue weighted by Crippen LogP contribution is 2.35. The summed E-state index contributed by atoms with van der Waals surface area (Å²) in [6, 6.07) is 3.38. The van der Waals surface area contributed by atoms with Gasteiger partial charge in [0.2, 0.25) is 5.91 Å². The zero-order chi connectivity index (χ0) is 28.6. The first kappa shape index (κ1) is 28.3. The van der Waals surface area contributed by atoms with Crippen LogP contribution in [0, 0.1) is 18.6 Å². The van der Waals surface area contributed by atoms with Crippen LogP contribution in [0.5, 0.6) is 0 Å². The molecule has 1 amide bonds. The maximum atomic E-state index is 14.2. The van der Waals surface area contributed by atoms with Crippen molar-refractivity contribution in [2.75, 3.05) is 26.8 Å². The van der Waals surface area contributed by atoms with Gasteiger partial charge in [0, 0.05) is 56.7 Å². The quantitative estimate of drug-likeness (QED) is 0.445. The molecule has 216 valence electrons. The minimum atomic E-state index is -1.22. The number of carbonyl (C=O) groups is 1. The van der Waals surface area contributed by atoms with E-state index in [0.29, 0.717) is 18.8 Å². The van der Waals surface area contributed by atoms with Gasteiger partial charge in [-0.2, -0.15) is 0 Å². The van der Waals surface area contributed by atoms with Crippen molar-refractivity contribution >= 4 is 5.91 Å². The lowest BCUT2D eigenvalue weighted by atomic mass is 9.89. The van der Waals surface area contributed by atoms with Crippen molar-refractivity contribution in [3.63, 3.8) is 0 Å². The van der Waals surface area contributed by atoms with E-state index in [2.05, 4.69) is 15.5 Å². The van der Waals surface area contributed by atoms with Crippen LogP contribution in [0.2, 0.25) is 0 Å². The van der Waals surface area contributed by atoms with E-state index < -0.39 is 48.7 Å². The van der Waals surface area contributed by atoms with Crippen LogP contribution in [0.4, 0.5) is 8.78 Å². The van der Waals surface area contributed by atoms with Gasteiger partial charge in [0.1, 0.15) is 47.4 Å². The summed E-state index contributed by atoms with van der Waals surface area (Å²) in [5.41, 5.74) is 0.927. The van der Waals surface area contributed by atoms with Gasteiger partial charge in [-0.25, -0.2) is 13.5 Å². The number of halogens is 2. The normalized spacial score (nSPS) is 25.9. The molecule has 0 bridgehead atoms. The van der Waals surface area contributed by atoms with Gasteiger partial charge < -0.3 is 29.1 Å². The van der Waals surface area contributed by atoms with Crippen molar-refractivity contribution in [1.82, 2.24) is 25.1 Å². The van der Waals surface area contributed by atoms with E-state index in [1.54, 1.807) is 6.92 Å². The molecule has 40 heavy (non-hydrogen) atoms. The fourth-order valence-electron chi connectivity index (χ4n) is 5.58. The summed E-state index contributed by atoms with van der Waals surface area (Å²) in [6.07, 6.45) is -0.255. The number of aliphatic hydroxyl groups excluding tert-OH is 2. The second kappa shape index (κ2) is 11.7. The Bertz CT molecular complexity index is 1320. The van der Waals surface area contributed by atoms with Crippen molar-refractivity contribution in [2.45, 2.75) is 69.5 Å². The lowest BCUT2D eigenvalue weighted by Crippen LogP contribution is -2.57. The summed E-state index contributed by atoms with van der Waals surface area (Å²) in [4.78, 5) is 13.4. The number of rotatable bonds is 7. The molecule has 2 aromatic heterocycles. The van der Waals surface area contributed by atoms with Crippen LogP contribution < -0.4 is 0 Å². The van der Waals surface area contributed by atoms with Crippen LogP contribution in [0.1, 0.15) is 48.7 Å². The van der Waals surface area contributed by atoms with Crippen LogP contribution in [0.15, 0.2) is 28.9 Å². The van der Waals surface area contributed by atoms with Gasteiger partial charge in [-0.15, -0.1) is 5.10 Å². The van der Waals surface area contributed by atoms with E-state index >= 15 is 0 Å². The molecule has 4 heterocycles. The SMILES string of the molecule is CO[C@@H]1[C@@H](n2cc(-c3cc(F)c(C)c(F)c3)nn2)[C@@H](O)[C@@H](CO)O[C@@H]1Cc1cc(C2CCN(C(C)=O)CC2)on1. The molecule has 5 rings (SSSR count). The minimum Gasteiger partial charge on any atom is -0.394 e. The molecule has 1 aromatic carbocycles. The highest BCUT2D eigenvalue weighted by molar-refractivity contribution is 5.73. The van der Waals surface area contributed by atoms with Crippen molar-refractivity contribution in [3.8, 4) is 11.3 Å². The summed E-state index contributed by atoms with van der Waals surface area (Å²) < 4.78 is 47.1. The second-order valence-electron chi connectivity index (χ2n) is 10.4. The topological polar surface area (TPSA) is 136 Å². The Kier molecular flexibility index (Phi) is 8.26. The molecule has 2 saturated heterocycles. The van der Waals surface area contributed by atoms with Gasteiger partial charge in [0.15, 0.2) is 0 Å². The van der Waals surface area contributed by atoms with E-state index in [0.717, 1.165) is 18.6 Å². The molecular weight excluding hydrogens is 528 g/mol. The van der Waals surface area contributed by atoms with Crippen LogP contribution in [0.3, 0.4) is 0 Å². The Hall–Kier alpha value is -3.26. The first-order valence-electron chi connectivity index (χ1n) is 13.3. The molecule has 2 N–H and O–H groups in total. The van der Waals surface area contributed by atoms with Crippen molar-refractivity contribution < 1.29 is 37.8 Å². The van der Waals surface area contributed by atoms with E-state index in [-0.39, 0.29) is 35.1 Å². The van der Waals surface area contributed by atoms with Crippen LogP contribution in [0.25, 0.3) is 11.3 Å². The molecule has 2 aliphatic heterocycles. The lowest BCUT2D eigenvalue weighted by molar-refractivity contribution is -0.212. The zero-order valence-corrected chi connectivity index (χ0v) is 22.5. The third kappa shape index (κ3) is 5.51. The second-order valence-corrected chi connectivity index (χ2v) is 10.4. The third-order valence-corrected chi connectivity index (χ3v) is 7.96. The standard InChI is InChI=1S/C27H33F2N5O6/c1-14-19(28)8-17(9-20(14)29)21-12-34(32-30-21)25-26(37)24(13-35)39-23(27(25)38-3)11-18-10-22(40-31-18)16-4-6-33(7-5-16)15(2)36/h8-10,12,16,23-27,35,37H,4-7,11,13H2,1-3H3/t23-,24-,25+,26+,27+/m1/s1. The fraction of sp³-hybridized carbons (Fsp3) is 0.556. The molecule has 0 aliphatic carbocycles. The van der Waals surface area contributed by atoms with Crippen molar-refractivity contribution in [2.24, 2.45) is 0 Å². The van der Waals surface area contributed by atoms with Crippen LogP contribution in [-0.2, 0) is 20.7 Å². The van der Waals surface area contributed by atoms with Crippen molar-refractivity contribution in [3.05, 3.63) is 53.0 Å². The lowest BCUT2D eigenvalue weighted by Gasteiger charge is -2.43. The van der Waals surface area contributed by atoms with E-state index in [9.17, 15) is 23.8 Å². The number of nitrogens with zero attached hydrogens (tertiary/aromatic N) is 5. The van der Waals surface area contributed by atoms with E-state index in [4.69, 9.17) is 14.0 Å². The minimum absolute atomic E-state index is 0.0599. The number of methoxy groups -OCH3 is 1. The summed E-state index contributed by atoms with van der Waals surface area (Å²) in [5, 5.41) is 33.4. The molecule has 0 saturated carbocycles. The molecule has 2 fully saturated rings. The Morgan fingerprint density at radius 3 is 2.50 bits per heavy atom. The summed E-state index contributed by atoms with van der Waals surface area (Å²) in [7, 11) is 1.47. The highest BCUT2D eigenvalue weighted by atomic mass is 19.1. The number of likely N-dealkylation sites (tertiary alicyclic amines) is 1. The summed E-state index contributed by atoms with van der Waals surface area (Å²) in [5.74, 6) is -0.474. The first-order valence-corrected chi connectivity index (χ1v) is 13.3. The zero-order valence-electron chi connectivity index (χ0n) is 22.5. The molecule has 5 atom stereocenters. The third-order valence-electron chi connectivity index (χ3n) is 7.96. The maximum absolute atomic E-state index is 14.2. The monoisotopic (exact) mass is 561 g/mol. The Balaban J connectivity index is 1.35. The number of ether oxygens (including phenoxy) is 2. The number of benzene rings is 1.